The van der Waals surface area contributed by atoms with Gasteiger partial charge in [0.2, 0.25) is 0 Å². The Morgan fingerprint density at radius 3 is 2.83 bits per heavy atom. The van der Waals surface area contributed by atoms with Crippen LogP contribution in [0.1, 0.15) is 5.56 Å². The molecule has 1 N–H and O–H groups in total. The fourth-order valence-electron chi connectivity index (χ4n) is 1.93. The minimum atomic E-state index is -0.433. The second-order valence-corrected chi connectivity index (χ2v) is 4.11. The van der Waals surface area contributed by atoms with Crippen LogP contribution in [0.15, 0.2) is 50.2 Å². The molecular weight excluding hydrogens is 232 g/mol. The average molecular weight is 242 g/mol. The lowest BCUT2D eigenvalue weighted by molar-refractivity contribution is 0.474. The number of furan rings is 1. The average Bonchev–Trinajstić information content (AvgIpc) is 2.71. The van der Waals surface area contributed by atoms with E-state index >= 15 is 0 Å². The largest absolute Gasteiger partial charge is 0.508 e. The molecule has 0 spiro atoms. The summed E-state index contributed by atoms with van der Waals surface area (Å²) in [6.45, 7) is 1.79. The molecule has 0 amide bonds. The number of phenols is 1. The number of hydrogen-bond acceptors (Lipinski definition) is 4. The topological polar surface area (TPSA) is 63.6 Å². The van der Waals surface area contributed by atoms with E-state index in [9.17, 15) is 9.90 Å². The predicted octanol–water partition coefficient (Wildman–Crippen LogP) is 3.07. The van der Waals surface area contributed by atoms with Gasteiger partial charge in [0, 0.05) is 17.2 Å². The zero-order valence-corrected chi connectivity index (χ0v) is 9.64. The van der Waals surface area contributed by atoms with E-state index in [4.69, 9.17) is 8.83 Å². The molecule has 3 aromatic rings. The van der Waals surface area contributed by atoms with Gasteiger partial charge in [-0.05, 0) is 19.1 Å². The van der Waals surface area contributed by atoms with E-state index in [1.165, 1.54) is 12.3 Å². The summed E-state index contributed by atoms with van der Waals surface area (Å²) in [6, 6.07) is 8.16. The second kappa shape index (κ2) is 3.77. The van der Waals surface area contributed by atoms with Gasteiger partial charge in [0.25, 0.3) is 0 Å². The fourth-order valence-corrected chi connectivity index (χ4v) is 1.93. The third kappa shape index (κ3) is 1.59. The van der Waals surface area contributed by atoms with Crippen LogP contribution in [0.5, 0.6) is 5.75 Å². The minimum Gasteiger partial charge on any atom is -0.508 e. The van der Waals surface area contributed by atoms with Crippen LogP contribution in [0.25, 0.3) is 22.3 Å². The molecule has 18 heavy (non-hydrogen) atoms. The lowest BCUT2D eigenvalue weighted by Gasteiger charge is -2.00. The molecule has 0 saturated heterocycles. The summed E-state index contributed by atoms with van der Waals surface area (Å²) in [4.78, 5) is 11.9. The summed E-state index contributed by atoms with van der Waals surface area (Å²) in [6.07, 6.45) is 1.52. The quantitative estimate of drug-likeness (QED) is 0.712. The Labute approximate surface area is 102 Å². The molecule has 2 aromatic heterocycles. The Balaban J connectivity index is 2.28. The van der Waals surface area contributed by atoms with E-state index in [2.05, 4.69) is 0 Å². The number of fused-ring (bicyclic) bond motifs is 1. The molecule has 1 aromatic carbocycles. The maximum absolute atomic E-state index is 11.9. The minimum absolute atomic E-state index is 0.117. The van der Waals surface area contributed by atoms with Crippen LogP contribution in [0.4, 0.5) is 0 Å². The molecule has 0 atom stereocenters. The van der Waals surface area contributed by atoms with Crippen molar-refractivity contribution < 1.29 is 13.9 Å². The third-order valence-corrected chi connectivity index (χ3v) is 2.80. The van der Waals surface area contributed by atoms with Gasteiger partial charge in [-0.25, -0.2) is 4.79 Å². The van der Waals surface area contributed by atoms with Crippen molar-refractivity contribution in [1.82, 2.24) is 0 Å². The third-order valence-electron chi connectivity index (χ3n) is 2.80. The highest BCUT2D eigenvalue weighted by atomic mass is 16.4. The van der Waals surface area contributed by atoms with Crippen LogP contribution >= 0.6 is 0 Å². The molecule has 0 saturated carbocycles. The Hall–Kier alpha value is -2.49. The highest BCUT2D eigenvalue weighted by Gasteiger charge is 2.11. The van der Waals surface area contributed by atoms with Gasteiger partial charge >= 0.3 is 5.63 Å². The van der Waals surface area contributed by atoms with E-state index in [0.29, 0.717) is 22.3 Å². The van der Waals surface area contributed by atoms with Gasteiger partial charge in [-0.1, -0.05) is 12.1 Å². The van der Waals surface area contributed by atoms with Crippen molar-refractivity contribution >= 4 is 11.0 Å². The number of phenolic OH excluding ortho intramolecular Hbond substituents is 1. The zero-order chi connectivity index (χ0) is 12.7. The molecule has 0 aliphatic carbocycles. The maximum atomic E-state index is 11.9. The molecule has 90 valence electrons. The van der Waals surface area contributed by atoms with Gasteiger partial charge in [-0.3, -0.25) is 0 Å². The fraction of sp³-hybridized carbons (Fsp3) is 0.0714. The van der Waals surface area contributed by atoms with Crippen LogP contribution in [0.2, 0.25) is 0 Å². The van der Waals surface area contributed by atoms with E-state index in [-0.39, 0.29) is 5.75 Å². The molecule has 0 unspecified atom stereocenters. The van der Waals surface area contributed by atoms with Crippen LogP contribution < -0.4 is 5.63 Å². The van der Waals surface area contributed by atoms with E-state index in [1.807, 2.05) is 0 Å². The maximum Gasteiger partial charge on any atom is 0.347 e. The van der Waals surface area contributed by atoms with Crippen LogP contribution in [0, 0.1) is 6.92 Å². The van der Waals surface area contributed by atoms with Crippen molar-refractivity contribution in [3.05, 3.63) is 52.6 Å². The molecule has 0 aliphatic heterocycles. The molecule has 3 rings (SSSR count). The number of rotatable bonds is 1. The highest BCUT2D eigenvalue weighted by Crippen LogP contribution is 2.26. The van der Waals surface area contributed by atoms with E-state index in [1.54, 1.807) is 31.2 Å². The lowest BCUT2D eigenvalue weighted by Crippen LogP contribution is -1.99. The van der Waals surface area contributed by atoms with Crippen molar-refractivity contribution in [3.63, 3.8) is 0 Å². The highest BCUT2D eigenvalue weighted by molar-refractivity contribution is 5.82. The van der Waals surface area contributed by atoms with Gasteiger partial charge in [0.05, 0.1) is 6.26 Å². The number of benzene rings is 1. The number of hydrogen-bond donors (Lipinski definition) is 1. The smallest absolute Gasteiger partial charge is 0.347 e. The van der Waals surface area contributed by atoms with Gasteiger partial charge in [0.15, 0.2) is 0 Å². The molecule has 0 fully saturated rings. The first-order chi connectivity index (χ1) is 8.65. The first-order valence-corrected chi connectivity index (χ1v) is 5.46. The Morgan fingerprint density at radius 1 is 1.22 bits per heavy atom. The van der Waals surface area contributed by atoms with Gasteiger partial charge < -0.3 is 13.9 Å². The summed E-state index contributed by atoms with van der Waals surface area (Å²) < 4.78 is 10.5. The monoisotopic (exact) mass is 242 g/mol. The first kappa shape index (κ1) is 10.7. The molecular formula is C14H10O4. The Kier molecular flexibility index (Phi) is 2.23. The van der Waals surface area contributed by atoms with Crippen molar-refractivity contribution in [1.29, 1.82) is 0 Å². The second-order valence-electron chi connectivity index (χ2n) is 4.11. The van der Waals surface area contributed by atoms with Gasteiger partial charge in [-0.15, -0.1) is 0 Å². The van der Waals surface area contributed by atoms with E-state index in [0.717, 1.165) is 5.56 Å². The molecule has 4 heteroatoms. The summed E-state index contributed by atoms with van der Waals surface area (Å²) in [5, 5.41) is 9.88. The molecule has 4 nitrogen and oxygen atoms in total. The first-order valence-electron chi connectivity index (χ1n) is 5.46. The summed E-state index contributed by atoms with van der Waals surface area (Å²) in [5.41, 5.74) is 1.43. The van der Waals surface area contributed by atoms with Gasteiger partial charge in [-0.2, -0.15) is 0 Å². The molecule has 2 heterocycles. The number of aromatic hydroxyl groups is 1. The molecule has 0 radical (unpaired) electrons. The Morgan fingerprint density at radius 2 is 2.06 bits per heavy atom. The number of aryl methyl sites for hydroxylation is 1. The SMILES string of the molecule is Cc1coc2cc(-c3cccc(O)c3)oc(=O)c12. The van der Waals surface area contributed by atoms with Crippen molar-refractivity contribution in [2.75, 3.05) is 0 Å². The molecule has 0 aliphatic rings. The van der Waals surface area contributed by atoms with Crippen LogP contribution in [-0.2, 0) is 0 Å². The molecule has 0 bridgehead atoms. The van der Waals surface area contributed by atoms with Gasteiger partial charge in [0.1, 0.15) is 22.5 Å². The van der Waals surface area contributed by atoms with Crippen LogP contribution in [0.3, 0.4) is 0 Å². The normalized spacial score (nSPS) is 10.9. The Bertz CT molecular complexity index is 780. The van der Waals surface area contributed by atoms with E-state index < -0.39 is 5.63 Å². The lowest BCUT2D eigenvalue weighted by atomic mass is 10.1. The standard InChI is InChI=1S/C14H10O4/c1-8-7-17-12-6-11(18-14(16)13(8)12)9-3-2-4-10(15)5-9/h2-7,15H,1H3. The summed E-state index contributed by atoms with van der Waals surface area (Å²) in [5.74, 6) is 0.489. The van der Waals surface area contributed by atoms with Crippen molar-refractivity contribution in [2.45, 2.75) is 6.92 Å². The summed E-state index contributed by atoms with van der Waals surface area (Å²) in [7, 11) is 0. The van der Waals surface area contributed by atoms with Crippen molar-refractivity contribution in [2.24, 2.45) is 0 Å². The zero-order valence-electron chi connectivity index (χ0n) is 9.64. The van der Waals surface area contributed by atoms with Crippen molar-refractivity contribution in [3.8, 4) is 17.1 Å². The summed E-state index contributed by atoms with van der Waals surface area (Å²) >= 11 is 0. The predicted molar refractivity (Wildman–Crippen MR) is 66.6 cm³/mol. The van der Waals surface area contributed by atoms with Crippen LogP contribution in [-0.4, -0.2) is 5.11 Å².